The molecule has 5 nitrogen and oxygen atoms in total. The minimum atomic E-state index is -0.467. The van der Waals surface area contributed by atoms with E-state index in [-0.39, 0.29) is 17.7 Å². The van der Waals surface area contributed by atoms with Crippen LogP contribution < -0.4 is 16.4 Å². The van der Waals surface area contributed by atoms with E-state index in [4.69, 9.17) is 5.73 Å². The van der Waals surface area contributed by atoms with E-state index in [2.05, 4.69) is 10.6 Å². The smallest absolute Gasteiger partial charge is 0.242 e. The molecule has 3 atom stereocenters. The van der Waals surface area contributed by atoms with E-state index < -0.39 is 6.04 Å². The molecule has 17 heavy (non-hydrogen) atoms. The first kappa shape index (κ1) is 14.0. The van der Waals surface area contributed by atoms with Crippen LogP contribution in [-0.4, -0.2) is 31.4 Å². The van der Waals surface area contributed by atoms with Crippen molar-refractivity contribution in [3.05, 3.63) is 0 Å². The van der Waals surface area contributed by atoms with Crippen LogP contribution in [0.25, 0.3) is 0 Å². The van der Waals surface area contributed by atoms with Gasteiger partial charge in [-0.05, 0) is 38.6 Å². The number of rotatable bonds is 4. The Morgan fingerprint density at radius 3 is 2.71 bits per heavy atom. The first-order chi connectivity index (χ1) is 8.08. The summed E-state index contributed by atoms with van der Waals surface area (Å²) in [6.45, 7) is 2.34. The molecule has 2 amide bonds. The van der Waals surface area contributed by atoms with E-state index >= 15 is 0 Å². The average molecular weight is 241 g/mol. The van der Waals surface area contributed by atoms with Gasteiger partial charge < -0.3 is 16.4 Å². The molecule has 0 aromatic rings. The van der Waals surface area contributed by atoms with Gasteiger partial charge in [0.05, 0.1) is 0 Å². The normalized spacial score (nSPS) is 26.1. The summed E-state index contributed by atoms with van der Waals surface area (Å²) in [5.41, 5.74) is 5.64. The second-order valence-corrected chi connectivity index (χ2v) is 4.81. The third kappa shape index (κ3) is 4.00. The molecule has 1 fully saturated rings. The predicted octanol–water partition coefficient (Wildman–Crippen LogP) is 0.00220. The van der Waals surface area contributed by atoms with Crippen molar-refractivity contribution in [3.63, 3.8) is 0 Å². The fourth-order valence-electron chi connectivity index (χ4n) is 2.36. The van der Waals surface area contributed by atoms with E-state index in [1.165, 1.54) is 0 Å². The highest BCUT2D eigenvalue weighted by atomic mass is 16.2. The molecule has 4 N–H and O–H groups in total. The van der Waals surface area contributed by atoms with Gasteiger partial charge in [0.1, 0.15) is 6.04 Å². The minimum Gasteiger partial charge on any atom is -0.357 e. The lowest BCUT2D eigenvalue weighted by atomic mass is 9.81. The van der Waals surface area contributed by atoms with Crippen LogP contribution in [0.1, 0.15) is 32.6 Å². The Balaban J connectivity index is 2.44. The van der Waals surface area contributed by atoms with Crippen molar-refractivity contribution >= 4 is 11.8 Å². The summed E-state index contributed by atoms with van der Waals surface area (Å²) in [4.78, 5) is 23.3. The van der Waals surface area contributed by atoms with Gasteiger partial charge in [-0.15, -0.1) is 0 Å². The maximum atomic E-state index is 12.0. The largest absolute Gasteiger partial charge is 0.357 e. The van der Waals surface area contributed by atoms with Crippen molar-refractivity contribution in [2.45, 2.75) is 38.6 Å². The van der Waals surface area contributed by atoms with Crippen LogP contribution in [0.3, 0.4) is 0 Å². The predicted molar refractivity (Wildman–Crippen MR) is 66.2 cm³/mol. The Hall–Kier alpha value is -1.10. The zero-order valence-corrected chi connectivity index (χ0v) is 10.7. The fraction of sp³-hybridized carbons (Fsp3) is 0.833. The quantitative estimate of drug-likeness (QED) is 0.648. The number of nitrogens with two attached hydrogens (primary N) is 1. The van der Waals surface area contributed by atoms with Crippen molar-refractivity contribution in [1.82, 2.24) is 10.6 Å². The molecule has 1 aliphatic rings. The second-order valence-electron chi connectivity index (χ2n) is 4.81. The summed E-state index contributed by atoms with van der Waals surface area (Å²) in [6.07, 6.45) is 3.92. The van der Waals surface area contributed by atoms with E-state index in [0.29, 0.717) is 12.5 Å². The molecule has 0 aliphatic heterocycles. The molecule has 0 bridgehead atoms. The van der Waals surface area contributed by atoms with Crippen molar-refractivity contribution in [1.29, 1.82) is 0 Å². The van der Waals surface area contributed by atoms with E-state index in [9.17, 15) is 9.59 Å². The summed E-state index contributed by atoms with van der Waals surface area (Å²) < 4.78 is 0. The van der Waals surface area contributed by atoms with Crippen LogP contribution in [0.4, 0.5) is 0 Å². The Bertz CT molecular complexity index is 281. The number of likely N-dealkylation sites (N-methyl/N-ethyl adjacent to an activating group) is 1. The molecule has 0 aromatic carbocycles. The van der Waals surface area contributed by atoms with E-state index in [1.807, 2.05) is 0 Å². The van der Waals surface area contributed by atoms with Crippen LogP contribution in [-0.2, 0) is 9.59 Å². The molecule has 3 unspecified atom stereocenters. The average Bonchev–Trinajstić information content (AvgIpc) is 2.37. The molecule has 1 saturated carbocycles. The monoisotopic (exact) mass is 241 g/mol. The molecule has 0 heterocycles. The number of amides is 2. The Labute approximate surface area is 103 Å². The van der Waals surface area contributed by atoms with Gasteiger partial charge in [0.25, 0.3) is 0 Å². The van der Waals surface area contributed by atoms with Crippen LogP contribution in [0.15, 0.2) is 0 Å². The number of carbonyl (C=O) groups is 2. The van der Waals surface area contributed by atoms with Crippen molar-refractivity contribution in [2.75, 3.05) is 13.6 Å². The lowest BCUT2D eigenvalue weighted by molar-refractivity contribution is -0.131. The SMILES string of the molecule is CNC(=O)C(C)NC(=O)C1CCCC(CN)C1. The second kappa shape index (κ2) is 6.59. The van der Waals surface area contributed by atoms with Crippen LogP contribution in [0.5, 0.6) is 0 Å². The third-order valence-corrected chi connectivity index (χ3v) is 3.49. The highest BCUT2D eigenvalue weighted by molar-refractivity contribution is 5.88. The van der Waals surface area contributed by atoms with Crippen molar-refractivity contribution in [2.24, 2.45) is 17.6 Å². The standard InChI is InChI=1S/C12H23N3O2/c1-8(11(16)14-2)15-12(17)10-5-3-4-9(6-10)7-13/h8-10H,3-7,13H2,1-2H3,(H,14,16)(H,15,17). The van der Waals surface area contributed by atoms with Gasteiger partial charge in [-0.2, -0.15) is 0 Å². The fourth-order valence-corrected chi connectivity index (χ4v) is 2.36. The number of hydrogen-bond donors (Lipinski definition) is 3. The summed E-state index contributed by atoms with van der Waals surface area (Å²) >= 11 is 0. The van der Waals surface area contributed by atoms with Crippen molar-refractivity contribution in [3.8, 4) is 0 Å². The lowest BCUT2D eigenvalue weighted by Crippen LogP contribution is -2.46. The topological polar surface area (TPSA) is 84.2 Å². The third-order valence-electron chi connectivity index (χ3n) is 3.49. The van der Waals surface area contributed by atoms with Gasteiger partial charge in [-0.1, -0.05) is 6.42 Å². The first-order valence-corrected chi connectivity index (χ1v) is 6.30. The first-order valence-electron chi connectivity index (χ1n) is 6.30. The molecule has 0 aromatic heterocycles. The Kier molecular flexibility index (Phi) is 5.41. The lowest BCUT2D eigenvalue weighted by Gasteiger charge is -2.28. The molecule has 0 spiro atoms. The van der Waals surface area contributed by atoms with E-state index in [0.717, 1.165) is 25.7 Å². The van der Waals surface area contributed by atoms with E-state index in [1.54, 1.807) is 14.0 Å². The van der Waals surface area contributed by atoms with Crippen LogP contribution in [0.2, 0.25) is 0 Å². The maximum Gasteiger partial charge on any atom is 0.242 e. The van der Waals surface area contributed by atoms with Gasteiger partial charge in [0.15, 0.2) is 0 Å². The number of hydrogen-bond acceptors (Lipinski definition) is 3. The van der Waals surface area contributed by atoms with Crippen LogP contribution in [0, 0.1) is 11.8 Å². The molecular weight excluding hydrogens is 218 g/mol. The summed E-state index contributed by atoms with van der Waals surface area (Å²) in [5.74, 6) is 0.294. The Morgan fingerprint density at radius 2 is 2.12 bits per heavy atom. The number of carbonyl (C=O) groups excluding carboxylic acids is 2. The summed E-state index contributed by atoms with van der Waals surface area (Å²) in [5, 5.41) is 5.27. The zero-order valence-electron chi connectivity index (χ0n) is 10.7. The molecule has 1 aliphatic carbocycles. The molecule has 1 rings (SSSR count). The highest BCUT2D eigenvalue weighted by Crippen LogP contribution is 2.28. The molecule has 0 saturated heterocycles. The van der Waals surface area contributed by atoms with Gasteiger partial charge in [-0.3, -0.25) is 9.59 Å². The molecule has 98 valence electrons. The van der Waals surface area contributed by atoms with Gasteiger partial charge in [0.2, 0.25) is 11.8 Å². The maximum absolute atomic E-state index is 12.0. The van der Waals surface area contributed by atoms with Gasteiger partial charge in [-0.25, -0.2) is 0 Å². The minimum absolute atomic E-state index is 0.0146. The molecule has 0 radical (unpaired) electrons. The molecular formula is C12H23N3O2. The van der Waals surface area contributed by atoms with Gasteiger partial charge in [0, 0.05) is 13.0 Å². The van der Waals surface area contributed by atoms with Crippen LogP contribution >= 0.6 is 0 Å². The number of nitrogens with one attached hydrogen (secondary N) is 2. The molecule has 5 heteroatoms. The highest BCUT2D eigenvalue weighted by Gasteiger charge is 2.28. The van der Waals surface area contributed by atoms with Gasteiger partial charge >= 0.3 is 0 Å². The van der Waals surface area contributed by atoms with Crippen molar-refractivity contribution < 1.29 is 9.59 Å². The zero-order chi connectivity index (χ0) is 12.8. The summed E-state index contributed by atoms with van der Waals surface area (Å²) in [6, 6.07) is -0.467. The Morgan fingerprint density at radius 1 is 1.41 bits per heavy atom. The summed E-state index contributed by atoms with van der Waals surface area (Å²) in [7, 11) is 1.57.